The zero-order valence-electron chi connectivity index (χ0n) is 13.4. The van der Waals surface area contributed by atoms with Crippen LogP contribution in [0.2, 0.25) is 0 Å². The van der Waals surface area contributed by atoms with Crippen LogP contribution in [0.1, 0.15) is 31.6 Å². The molecule has 0 aromatic carbocycles. The third kappa shape index (κ3) is 3.64. The van der Waals surface area contributed by atoms with Gasteiger partial charge in [0.05, 0.1) is 7.11 Å². The summed E-state index contributed by atoms with van der Waals surface area (Å²) in [6.07, 6.45) is 3.08. The highest BCUT2D eigenvalue weighted by atomic mass is 32.1. The first-order valence-electron chi connectivity index (χ1n) is 7.91. The summed E-state index contributed by atoms with van der Waals surface area (Å²) in [6.45, 7) is 0.586. The van der Waals surface area contributed by atoms with Crippen molar-refractivity contribution < 1.29 is 18.8 Å². The molecule has 8 heteroatoms. The number of esters is 1. The molecule has 0 bridgehead atoms. The summed E-state index contributed by atoms with van der Waals surface area (Å²) in [6, 6.07) is 1.44. The fourth-order valence-electron chi connectivity index (χ4n) is 2.83. The summed E-state index contributed by atoms with van der Waals surface area (Å²) in [7, 11) is 1.35. The lowest BCUT2D eigenvalue weighted by Crippen LogP contribution is -2.48. The van der Waals surface area contributed by atoms with Crippen LogP contribution in [-0.2, 0) is 20.7 Å². The van der Waals surface area contributed by atoms with Crippen LogP contribution in [0.3, 0.4) is 0 Å². The van der Waals surface area contributed by atoms with Gasteiger partial charge in [-0.2, -0.15) is 16.3 Å². The Morgan fingerprint density at radius 2 is 2.33 bits per heavy atom. The number of thiophene rings is 1. The summed E-state index contributed by atoms with van der Waals surface area (Å²) in [5.74, 6) is 0.529. The number of nitrogens with zero attached hydrogens (tertiary/aromatic N) is 3. The first kappa shape index (κ1) is 16.6. The Morgan fingerprint density at radius 1 is 1.46 bits per heavy atom. The highest BCUT2D eigenvalue weighted by Gasteiger charge is 2.32. The molecular weight excluding hydrogens is 330 g/mol. The molecule has 0 N–H and O–H groups in total. The van der Waals surface area contributed by atoms with Crippen molar-refractivity contribution in [3.8, 4) is 11.4 Å². The van der Waals surface area contributed by atoms with Gasteiger partial charge in [-0.1, -0.05) is 5.16 Å². The van der Waals surface area contributed by atoms with Crippen LogP contribution < -0.4 is 0 Å². The van der Waals surface area contributed by atoms with Gasteiger partial charge in [0.25, 0.3) is 0 Å². The molecule has 0 spiro atoms. The number of methoxy groups -OCH3 is 1. The van der Waals surface area contributed by atoms with Crippen LogP contribution in [-0.4, -0.2) is 46.6 Å². The van der Waals surface area contributed by atoms with E-state index in [-0.39, 0.29) is 18.3 Å². The van der Waals surface area contributed by atoms with Gasteiger partial charge < -0.3 is 14.2 Å². The van der Waals surface area contributed by atoms with Gasteiger partial charge in [0.15, 0.2) is 0 Å². The van der Waals surface area contributed by atoms with Gasteiger partial charge in [-0.05, 0) is 30.7 Å². The second kappa shape index (κ2) is 7.57. The van der Waals surface area contributed by atoms with Gasteiger partial charge in [-0.25, -0.2) is 4.79 Å². The number of carbonyl (C=O) groups excluding carboxylic acids is 2. The molecule has 1 atom stereocenters. The lowest BCUT2D eigenvalue weighted by Gasteiger charge is -2.33. The molecule has 0 saturated carbocycles. The number of aryl methyl sites for hydroxylation is 1. The number of hydrogen-bond acceptors (Lipinski definition) is 7. The van der Waals surface area contributed by atoms with Crippen LogP contribution in [0, 0.1) is 0 Å². The number of piperidine rings is 1. The van der Waals surface area contributed by atoms with Crippen LogP contribution in [0.4, 0.5) is 0 Å². The Hall–Kier alpha value is -2.22. The topological polar surface area (TPSA) is 85.5 Å². The van der Waals surface area contributed by atoms with Gasteiger partial charge in [0, 0.05) is 30.3 Å². The van der Waals surface area contributed by atoms with E-state index in [4.69, 9.17) is 9.26 Å². The standard InChI is InChI=1S/C16H19N3O4S/c1-22-16(21)12-4-2-3-8-19(12)14(20)6-5-13-17-15(18-23-13)11-7-9-24-10-11/h7,9-10,12H,2-6,8H2,1H3. The molecule has 3 heterocycles. The molecule has 2 aromatic rings. The number of carbonyl (C=O) groups is 2. The maximum Gasteiger partial charge on any atom is 0.328 e. The number of amides is 1. The van der Waals surface area contributed by atoms with Crippen molar-refractivity contribution in [2.75, 3.05) is 13.7 Å². The third-order valence-electron chi connectivity index (χ3n) is 4.10. The summed E-state index contributed by atoms with van der Waals surface area (Å²) in [4.78, 5) is 30.2. The van der Waals surface area contributed by atoms with E-state index in [1.54, 1.807) is 16.2 Å². The monoisotopic (exact) mass is 349 g/mol. The van der Waals surface area contributed by atoms with Crippen LogP contribution in [0.25, 0.3) is 11.4 Å². The van der Waals surface area contributed by atoms with E-state index in [1.807, 2.05) is 16.8 Å². The summed E-state index contributed by atoms with van der Waals surface area (Å²) < 4.78 is 10.0. The minimum absolute atomic E-state index is 0.0830. The number of likely N-dealkylation sites (tertiary alicyclic amines) is 1. The first-order chi connectivity index (χ1) is 11.7. The number of rotatable bonds is 5. The zero-order valence-corrected chi connectivity index (χ0v) is 14.3. The Morgan fingerprint density at radius 3 is 3.08 bits per heavy atom. The van der Waals surface area contributed by atoms with E-state index >= 15 is 0 Å². The number of ether oxygens (including phenoxy) is 1. The van der Waals surface area contributed by atoms with E-state index in [2.05, 4.69) is 10.1 Å². The first-order valence-corrected chi connectivity index (χ1v) is 8.86. The summed E-state index contributed by atoms with van der Waals surface area (Å²) in [5.41, 5.74) is 0.906. The largest absolute Gasteiger partial charge is 0.467 e. The smallest absolute Gasteiger partial charge is 0.328 e. The summed E-state index contributed by atoms with van der Waals surface area (Å²) in [5, 5.41) is 7.81. The van der Waals surface area contributed by atoms with Gasteiger partial charge in [-0.15, -0.1) is 0 Å². The number of hydrogen-bond donors (Lipinski definition) is 0. The highest BCUT2D eigenvalue weighted by molar-refractivity contribution is 7.08. The fraction of sp³-hybridized carbons (Fsp3) is 0.500. The molecule has 2 aromatic heterocycles. The minimum atomic E-state index is -0.472. The van der Waals surface area contributed by atoms with E-state index in [1.165, 1.54) is 7.11 Å². The molecule has 1 aliphatic rings. The van der Waals surface area contributed by atoms with Gasteiger partial charge in [-0.3, -0.25) is 4.79 Å². The van der Waals surface area contributed by atoms with Crippen molar-refractivity contribution in [3.63, 3.8) is 0 Å². The quantitative estimate of drug-likeness (QED) is 0.770. The van der Waals surface area contributed by atoms with Crippen molar-refractivity contribution in [1.82, 2.24) is 15.0 Å². The molecule has 1 aliphatic heterocycles. The van der Waals surface area contributed by atoms with Gasteiger partial charge >= 0.3 is 5.97 Å². The van der Waals surface area contributed by atoms with Crippen molar-refractivity contribution in [3.05, 3.63) is 22.7 Å². The molecule has 1 fully saturated rings. The van der Waals surface area contributed by atoms with E-state index in [0.29, 0.717) is 31.1 Å². The lowest BCUT2D eigenvalue weighted by atomic mass is 10.0. The number of aromatic nitrogens is 2. The maximum atomic E-state index is 12.5. The van der Waals surface area contributed by atoms with Crippen molar-refractivity contribution in [2.24, 2.45) is 0 Å². The van der Waals surface area contributed by atoms with Crippen LogP contribution in [0.15, 0.2) is 21.3 Å². The lowest BCUT2D eigenvalue weighted by molar-refractivity contribution is -0.154. The van der Waals surface area contributed by atoms with E-state index in [9.17, 15) is 9.59 Å². The SMILES string of the molecule is COC(=O)C1CCCCN1C(=O)CCc1nc(-c2ccsc2)no1. The Kier molecular flexibility index (Phi) is 5.24. The minimum Gasteiger partial charge on any atom is -0.467 e. The average Bonchev–Trinajstić information content (AvgIpc) is 3.30. The summed E-state index contributed by atoms with van der Waals surface area (Å²) >= 11 is 1.56. The van der Waals surface area contributed by atoms with Crippen molar-refractivity contribution in [2.45, 2.75) is 38.1 Å². The molecular formula is C16H19N3O4S. The molecule has 0 radical (unpaired) electrons. The molecule has 0 aliphatic carbocycles. The second-order valence-electron chi connectivity index (χ2n) is 5.65. The van der Waals surface area contributed by atoms with E-state index < -0.39 is 6.04 Å². The predicted molar refractivity (Wildman–Crippen MR) is 87.3 cm³/mol. The molecule has 1 unspecified atom stereocenters. The normalized spacial score (nSPS) is 17.7. The van der Waals surface area contributed by atoms with Crippen molar-refractivity contribution >= 4 is 23.2 Å². The van der Waals surface area contributed by atoms with E-state index in [0.717, 1.165) is 18.4 Å². The molecule has 7 nitrogen and oxygen atoms in total. The molecule has 1 saturated heterocycles. The van der Waals surface area contributed by atoms with Gasteiger partial charge in [0.2, 0.25) is 17.6 Å². The molecule has 3 rings (SSSR count). The third-order valence-corrected chi connectivity index (χ3v) is 4.78. The van der Waals surface area contributed by atoms with Crippen LogP contribution >= 0.6 is 11.3 Å². The molecule has 128 valence electrons. The maximum absolute atomic E-state index is 12.5. The Labute approximate surface area is 143 Å². The molecule has 24 heavy (non-hydrogen) atoms. The zero-order chi connectivity index (χ0) is 16.9. The molecule has 1 amide bonds. The fourth-order valence-corrected chi connectivity index (χ4v) is 3.47. The Balaban J connectivity index is 1.59. The Bertz CT molecular complexity index is 698. The van der Waals surface area contributed by atoms with Crippen LogP contribution in [0.5, 0.6) is 0 Å². The van der Waals surface area contributed by atoms with Gasteiger partial charge in [0.1, 0.15) is 6.04 Å². The predicted octanol–water partition coefficient (Wildman–Crippen LogP) is 2.28. The average molecular weight is 349 g/mol. The second-order valence-corrected chi connectivity index (χ2v) is 6.43. The van der Waals surface area contributed by atoms with Crippen molar-refractivity contribution in [1.29, 1.82) is 0 Å². The highest BCUT2D eigenvalue weighted by Crippen LogP contribution is 2.21.